The van der Waals surface area contributed by atoms with Crippen molar-refractivity contribution in [2.75, 3.05) is 19.6 Å². The lowest BCUT2D eigenvalue weighted by molar-refractivity contribution is -0.123. The van der Waals surface area contributed by atoms with Crippen molar-refractivity contribution in [3.8, 4) is 0 Å². The van der Waals surface area contributed by atoms with Crippen molar-refractivity contribution in [3.63, 3.8) is 0 Å². The summed E-state index contributed by atoms with van der Waals surface area (Å²) in [6.45, 7) is 6.00. The van der Waals surface area contributed by atoms with Gasteiger partial charge in [0, 0.05) is 43.0 Å². The molecule has 9 heteroatoms. The van der Waals surface area contributed by atoms with Gasteiger partial charge in [0.25, 0.3) is 0 Å². The van der Waals surface area contributed by atoms with Gasteiger partial charge in [-0.3, -0.25) is 9.69 Å². The van der Waals surface area contributed by atoms with Gasteiger partial charge in [-0.25, -0.2) is 8.42 Å². The van der Waals surface area contributed by atoms with Gasteiger partial charge in [0.1, 0.15) is 0 Å². The fourth-order valence-electron chi connectivity index (χ4n) is 6.73. The summed E-state index contributed by atoms with van der Waals surface area (Å²) in [4.78, 5) is 16.3. The number of carbonyl (C=O) groups is 1. The number of carbonyl (C=O) groups excluding carboxylic acids is 1. The highest BCUT2D eigenvalue weighted by molar-refractivity contribution is 7.89. The molecule has 0 saturated carbocycles. The molecule has 218 valence electrons. The summed E-state index contributed by atoms with van der Waals surface area (Å²) in [6.07, 6.45) is 8.83. The first kappa shape index (κ1) is 28.5. The van der Waals surface area contributed by atoms with Crippen molar-refractivity contribution in [1.29, 1.82) is 0 Å². The molecule has 0 bridgehead atoms. The van der Waals surface area contributed by atoms with Crippen LogP contribution in [0, 0.1) is 6.92 Å². The minimum atomic E-state index is -3.86. The molecular formula is C32H39ClN4O3S. The van der Waals surface area contributed by atoms with Crippen LogP contribution in [0.2, 0.25) is 5.02 Å². The monoisotopic (exact) mass is 594 g/mol. The predicted molar refractivity (Wildman–Crippen MR) is 161 cm³/mol. The lowest BCUT2D eigenvalue weighted by Gasteiger charge is -2.36. The highest BCUT2D eigenvalue weighted by Crippen LogP contribution is 2.36. The summed E-state index contributed by atoms with van der Waals surface area (Å²) in [5.41, 5.74) is 5.51. The van der Waals surface area contributed by atoms with E-state index in [4.69, 9.17) is 11.6 Å². The SMILES string of the molecule is Cc1ccc(S(=O)(=O)N2CCn3cccc3C2CC(=O)NC2CCCc3cc(CN4CCCCC4)ccc32)cc1Cl. The van der Waals surface area contributed by atoms with E-state index in [9.17, 15) is 13.2 Å². The Balaban J connectivity index is 1.20. The molecule has 3 aliphatic rings. The molecule has 0 spiro atoms. The molecule has 1 N–H and O–H groups in total. The van der Waals surface area contributed by atoms with E-state index in [0.29, 0.717) is 18.1 Å². The number of aromatic nitrogens is 1. The topological polar surface area (TPSA) is 74.6 Å². The highest BCUT2D eigenvalue weighted by atomic mass is 35.5. The van der Waals surface area contributed by atoms with E-state index >= 15 is 0 Å². The molecule has 2 aliphatic heterocycles. The van der Waals surface area contributed by atoms with Crippen LogP contribution in [0.25, 0.3) is 0 Å². The summed E-state index contributed by atoms with van der Waals surface area (Å²) in [6, 6.07) is 14.7. The molecule has 7 nitrogen and oxygen atoms in total. The van der Waals surface area contributed by atoms with Gasteiger partial charge in [-0.15, -0.1) is 0 Å². The van der Waals surface area contributed by atoms with Crippen LogP contribution in [0.15, 0.2) is 59.6 Å². The number of halogens is 1. The number of fused-ring (bicyclic) bond motifs is 2. The van der Waals surface area contributed by atoms with Crippen molar-refractivity contribution in [2.45, 2.75) is 81.9 Å². The standard InChI is InChI=1S/C32H39ClN4O3S/c1-23-10-12-26(20-28(23)33)41(39,40)37-18-17-36-16-6-9-30(36)31(37)21-32(38)34-29-8-5-7-25-19-24(11-13-27(25)29)22-35-14-3-2-4-15-35/h6,9-13,16,19-20,29,31H,2-5,7-8,14-15,17-18,21-22H2,1H3,(H,34,38). The van der Waals surface area contributed by atoms with Gasteiger partial charge in [0.05, 0.1) is 17.0 Å². The van der Waals surface area contributed by atoms with Crippen molar-refractivity contribution in [2.24, 2.45) is 0 Å². The summed E-state index contributed by atoms with van der Waals surface area (Å²) in [7, 11) is -3.86. The fraction of sp³-hybridized carbons (Fsp3) is 0.469. The molecule has 3 aromatic rings. The third-order valence-electron chi connectivity index (χ3n) is 8.96. The molecular weight excluding hydrogens is 556 g/mol. The van der Waals surface area contributed by atoms with Crippen LogP contribution in [0.4, 0.5) is 0 Å². The number of rotatable bonds is 7. The lowest BCUT2D eigenvalue weighted by atomic mass is 9.86. The second-order valence-corrected chi connectivity index (χ2v) is 14.1. The fourth-order valence-corrected chi connectivity index (χ4v) is 8.59. The van der Waals surface area contributed by atoms with E-state index in [-0.39, 0.29) is 23.3 Å². The number of nitrogens with zero attached hydrogens (tertiary/aromatic N) is 3. The van der Waals surface area contributed by atoms with E-state index in [2.05, 4.69) is 28.4 Å². The van der Waals surface area contributed by atoms with Crippen LogP contribution in [-0.4, -0.2) is 47.7 Å². The molecule has 2 aromatic carbocycles. The summed E-state index contributed by atoms with van der Waals surface area (Å²) >= 11 is 6.30. The molecule has 1 aromatic heterocycles. The first-order valence-electron chi connectivity index (χ1n) is 14.9. The number of benzene rings is 2. The van der Waals surface area contributed by atoms with Crippen LogP contribution in [0.3, 0.4) is 0 Å². The van der Waals surface area contributed by atoms with E-state index in [0.717, 1.165) is 37.1 Å². The van der Waals surface area contributed by atoms with Crippen molar-refractivity contribution in [1.82, 2.24) is 19.1 Å². The average molecular weight is 595 g/mol. The van der Waals surface area contributed by atoms with Crippen LogP contribution < -0.4 is 5.32 Å². The second-order valence-electron chi connectivity index (χ2n) is 11.8. The quantitative estimate of drug-likeness (QED) is 0.377. The predicted octanol–water partition coefficient (Wildman–Crippen LogP) is 5.77. The minimum Gasteiger partial charge on any atom is -0.349 e. The maximum atomic E-state index is 13.8. The van der Waals surface area contributed by atoms with E-state index in [1.165, 1.54) is 59.4 Å². The molecule has 1 fully saturated rings. The number of aryl methyl sites for hydroxylation is 2. The third kappa shape index (κ3) is 5.98. The molecule has 1 aliphatic carbocycles. The van der Waals surface area contributed by atoms with Crippen LogP contribution in [0.1, 0.15) is 78.6 Å². The average Bonchev–Trinajstić information content (AvgIpc) is 3.45. The molecule has 1 saturated heterocycles. The van der Waals surface area contributed by atoms with Gasteiger partial charge >= 0.3 is 0 Å². The lowest BCUT2D eigenvalue weighted by Crippen LogP contribution is -2.44. The zero-order valence-electron chi connectivity index (χ0n) is 23.7. The Morgan fingerprint density at radius 1 is 1.00 bits per heavy atom. The summed E-state index contributed by atoms with van der Waals surface area (Å²) in [5, 5.41) is 3.69. The molecule has 0 radical (unpaired) electrons. The van der Waals surface area contributed by atoms with Crippen molar-refractivity contribution < 1.29 is 13.2 Å². The number of amides is 1. The van der Waals surface area contributed by atoms with Crippen LogP contribution >= 0.6 is 11.6 Å². The Kier molecular flexibility index (Phi) is 8.28. The summed E-state index contributed by atoms with van der Waals surface area (Å²) < 4.78 is 31.2. The number of hydrogen-bond acceptors (Lipinski definition) is 4. The zero-order valence-corrected chi connectivity index (χ0v) is 25.3. The van der Waals surface area contributed by atoms with Gasteiger partial charge in [-0.05, 0) is 98.6 Å². The summed E-state index contributed by atoms with van der Waals surface area (Å²) in [5.74, 6) is -0.137. The second kappa shape index (κ2) is 11.9. The highest BCUT2D eigenvalue weighted by Gasteiger charge is 2.38. The molecule has 6 rings (SSSR count). The molecule has 1 amide bonds. The Morgan fingerprint density at radius 2 is 1.83 bits per heavy atom. The van der Waals surface area contributed by atoms with Crippen LogP contribution in [0.5, 0.6) is 0 Å². The Morgan fingerprint density at radius 3 is 2.63 bits per heavy atom. The zero-order chi connectivity index (χ0) is 28.6. The van der Waals surface area contributed by atoms with Crippen molar-refractivity contribution in [3.05, 3.63) is 87.7 Å². The molecule has 3 heterocycles. The Bertz CT molecular complexity index is 1530. The number of likely N-dealkylation sites (tertiary alicyclic amines) is 1. The minimum absolute atomic E-state index is 0.0573. The van der Waals surface area contributed by atoms with Gasteiger partial charge in [-0.1, -0.05) is 42.3 Å². The van der Waals surface area contributed by atoms with Gasteiger partial charge in [-0.2, -0.15) is 4.31 Å². The molecule has 41 heavy (non-hydrogen) atoms. The van der Waals surface area contributed by atoms with E-state index < -0.39 is 16.1 Å². The normalized spacial score (nSPS) is 21.7. The number of sulfonamides is 1. The maximum absolute atomic E-state index is 13.8. The van der Waals surface area contributed by atoms with Gasteiger partial charge < -0.3 is 9.88 Å². The molecule has 2 atom stereocenters. The largest absolute Gasteiger partial charge is 0.349 e. The number of hydrogen-bond donors (Lipinski definition) is 1. The van der Waals surface area contributed by atoms with Gasteiger partial charge in [0.2, 0.25) is 15.9 Å². The van der Waals surface area contributed by atoms with Crippen molar-refractivity contribution >= 4 is 27.5 Å². The number of piperidine rings is 1. The maximum Gasteiger partial charge on any atom is 0.243 e. The Labute approximate surface area is 248 Å². The Hall–Kier alpha value is -2.65. The smallest absolute Gasteiger partial charge is 0.243 e. The first-order chi connectivity index (χ1) is 19.8. The van der Waals surface area contributed by atoms with Crippen LogP contribution in [-0.2, 0) is 34.3 Å². The van der Waals surface area contributed by atoms with E-state index in [1.54, 1.807) is 12.1 Å². The van der Waals surface area contributed by atoms with Gasteiger partial charge in [0.15, 0.2) is 0 Å². The van der Waals surface area contributed by atoms with E-state index in [1.807, 2.05) is 29.8 Å². The molecule has 2 unspecified atom stereocenters. The third-order valence-corrected chi connectivity index (χ3v) is 11.3. The number of nitrogens with one attached hydrogen (secondary N) is 1. The first-order valence-corrected chi connectivity index (χ1v) is 16.7.